The van der Waals surface area contributed by atoms with Crippen molar-refractivity contribution in [1.29, 1.82) is 0 Å². The Morgan fingerprint density at radius 2 is 0.942 bits per heavy atom. The number of hydrogen-bond acceptors (Lipinski definition) is 2. The zero-order valence-electron chi connectivity index (χ0n) is 29.1. The molecule has 0 spiro atoms. The Morgan fingerprint density at radius 1 is 0.404 bits per heavy atom. The van der Waals surface area contributed by atoms with E-state index >= 15 is 0 Å². The molecule has 7 aromatic carbocycles. The van der Waals surface area contributed by atoms with Crippen LogP contribution in [-0.4, -0.2) is 14.5 Å². The Labute approximate surface area is 303 Å². The van der Waals surface area contributed by atoms with E-state index in [-0.39, 0.29) is 5.41 Å². The summed E-state index contributed by atoms with van der Waals surface area (Å²) in [6, 6.07) is 63.0. The van der Waals surface area contributed by atoms with Gasteiger partial charge in [0.15, 0.2) is 5.82 Å². The molecule has 0 aliphatic heterocycles. The van der Waals surface area contributed by atoms with Gasteiger partial charge in [-0.2, -0.15) is 0 Å². The van der Waals surface area contributed by atoms with Gasteiger partial charge in [-0.15, -0.1) is 0 Å². The smallest absolute Gasteiger partial charge is 0.160 e. The minimum atomic E-state index is -0.104. The minimum absolute atomic E-state index is 0.104. The summed E-state index contributed by atoms with van der Waals surface area (Å²) in [7, 11) is 0. The molecule has 1 aliphatic carbocycles. The van der Waals surface area contributed by atoms with Crippen molar-refractivity contribution in [3.63, 3.8) is 0 Å². The molecule has 0 fully saturated rings. The summed E-state index contributed by atoms with van der Waals surface area (Å²) in [5.41, 5.74) is 15.8. The first-order chi connectivity index (χ1) is 25.5. The lowest BCUT2D eigenvalue weighted by atomic mass is 9.81. The molecule has 9 aromatic rings. The first kappa shape index (κ1) is 30.3. The quantitative estimate of drug-likeness (QED) is 0.183. The molecule has 0 radical (unpaired) electrons. The van der Waals surface area contributed by atoms with Gasteiger partial charge in [0, 0.05) is 38.6 Å². The van der Waals surface area contributed by atoms with Crippen LogP contribution >= 0.6 is 0 Å². The van der Waals surface area contributed by atoms with E-state index in [2.05, 4.69) is 182 Å². The summed E-state index contributed by atoms with van der Waals surface area (Å²) < 4.78 is 2.39. The fourth-order valence-corrected chi connectivity index (χ4v) is 8.21. The van der Waals surface area contributed by atoms with Crippen LogP contribution in [0, 0.1) is 0 Å². The van der Waals surface area contributed by atoms with Crippen LogP contribution in [0.1, 0.15) is 25.0 Å². The van der Waals surface area contributed by atoms with Gasteiger partial charge in [-0.1, -0.05) is 147 Å². The van der Waals surface area contributed by atoms with Crippen molar-refractivity contribution in [2.75, 3.05) is 0 Å². The highest BCUT2D eigenvalue weighted by molar-refractivity contribution is 6.09. The molecule has 0 saturated carbocycles. The first-order valence-corrected chi connectivity index (χ1v) is 17.9. The van der Waals surface area contributed by atoms with E-state index in [1.807, 2.05) is 12.1 Å². The lowest BCUT2D eigenvalue weighted by molar-refractivity contribution is 0.660. The zero-order chi connectivity index (χ0) is 34.8. The molecule has 0 N–H and O–H groups in total. The minimum Gasteiger partial charge on any atom is -0.309 e. The number of aromatic nitrogens is 3. The Bertz CT molecular complexity index is 2700. The first-order valence-electron chi connectivity index (χ1n) is 17.9. The number of benzene rings is 7. The number of para-hydroxylation sites is 2. The molecular weight excluding hydrogens is 631 g/mol. The third kappa shape index (κ3) is 4.81. The van der Waals surface area contributed by atoms with Crippen LogP contribution in [-0.2, 0) is 5.41 Å². The molecule has 246 valence electrons. The third-order valence-electron chi connectivity index (χ3n) is 10.8. The molecule has 0 amide bonds. The standard InChI is InChI=1S/C49H35N3/c1-49(2)42-22-12-9-19-38(42)39-26-25-34(30-43(39)49)35-27-36(29-37(28-35)52-46-23-13-10-20-40(46)41-21-11-14-24-47(41)52)48-50-44(32-15-5-3-6-16-32)31-45(51-48)33-17-7-4-8-18-33/h3-31H,1-2H3. The van der Waals surface area contributed by atoms with Crippen LogP contribution in [0.3, 0.4) is 0 Å². The Hall–Kier alpha value is -6.58. The van der Waals surface area contributed by atoms with Gasteiger partial charge >= 0.3 is 0 Å². The summed E-state index contributed by atoms with van der Waals surface area (Å²) in [6.45, 7) is 4.69. The molecule has 0 bridgehead atoms. The fourth-order valence-electron chi connectivity index (χ4n) is 8.21. The monoisotopic (exact) mass is 665 g/mol. The van der Waals surface area contributed by atoms with Crippen LogP contribution in [0.15, 0.2) is 176 Å². The highest BCUT2D eigenvalue weighted by Gasteiger charge is 2.35. The van der Waals surface area contributed by atoms with Gasteiger partial charge in [0.1, 0.15) is 0 Å². The molecule has 2 aromatic heterocycles. The topological polar surface area (TPSA) is 30.7 Å². The van der Waals surface area contributed by atoms with Crippen molar-refractivity contribution in [1.82, 2.24) is 14.5 Å². The van der Waals surface area contributed by atoms with Gasteiger partial charge in [-0.3, -0.25) is 0 Å². The van der Waals surface area contributed by atoms with E-state index in [1.54, 1.807) is 0 Å². The van der Waals surface area contributed by atoms with Crippen molar-refractivity contribution in [3.05, 3.63) is 187 Å². The van der Waals surface area contributed by atoms with Crippen LogP contribution in [0.25, 0.3) is 83.6 Å². The number of rotatable bonds is 5. The maximum atomic E-state index is 5.27. The van der Waals surface area contributed by atoms with Crippen molar-refractivity contribution in [2.45, 2.75) is 19.3 Å². The van der Waals surface area contributed by atoms with E-state index in [0.29, 0.717) is 5.82 Å². The fraction of sp³-hybridized carbons (Fsp3) is 0.0612. The highest BCUT2D eigenvalue weighted by Crippen LogP contribution is 2.50. The summed E-state index contributed by atoms with van der Waals surface area (Å²) >= 11 is 0. The van der Waals surface area contributed by atoms with Gasteiger partial charge < -0.3 is 4.57 Å². The highest BCUT2D eigenvalue weighted by atomic mass is 15.0. The SMILES string of the molecule is CC1(C)c2ccccc2-c2ccc(-c3cc(-c4nc(-c5ccccc5)cc(-c5ccccc5)n4)cc(-n4c5ccccc5c5ccccc54)c3)cc21. The summed E-state index contributed by atoms with van der Waals surface area (Å²) in [5.74, 6) is 0.693. The second kappa shape index (κ2) is 11.8. The summed E-state index contributed by atoms with van der Waals surface area (Å²) in [5, 5.41) is 2.46. The van der Waals surface area contributed by atoms with E-state index in [1.165, 1.54) is 49.6 Å². The molecule has 0 saturated heterocycles. The number of fused-ring (bicyclic) bond motifs is 6. The predicted molar refractivity (Wildman–Crippen MR) is 216 cm³/mol. The third-order valence-corrected chi connectivity index (χ3v) is 10.8. The zero-order valence-corrected chi connectivity index (χ0v) is 29.1. The predicted octanol–water partition coefficient (Wildman–Crippen LogP) is 12.5. The normalized spacial score (nSPS) is 13.0. The summed E-state index contributed by atoms with van der Waals surface area (Å²) in [6.07, 6.45) is 0. The molecule has 0 unspecified atom stereocenters. The van der Waals surface area contributed by atoms with Gasteiger partial charge in [0.05, 0.1) is 22.4 Å². The maximum absolute atomic E-state index is 5.27. The lowest BCUT2D eigenvalue weighted by Gasteiger charge is -2.22. The van der Waals surface area contributed by atoms with Crippen molar-refractivity contribution >= 4 is 21.8 Å². The Kier molecular flexibility index (Phi) is 6.84. The Morgan fingerprint density at radius 3 is 1.60 bits per heavy atom. The molecule has 3 nitrogen and oxygen atoms in total. The molecule has 2 heterocycles. The van der Waals surface area contributed by atoms with E-state index < -0.39 is 0 Å². The van der Waals surface area contributed by atoms with Crippen molar-refractivity contribution in [2.24, 2.45) is 0 Å². The average Bonchev–Trinajstić information content (AvgIpc) is 3.66. The van der Waals surface area contributed by atoms with Gasteiger partial charge in [-0.05, 0) is 75.8 Å². The van der Waals surface area contributed by atoms with Crippen molar-refractivity contribution in [3.8, 4) is 61.8 Å². The van der Waals surface area contributed by atoms with E-state index in [4.69, 9.17) is 9.97 Å². The summed E-state index contributed by atoms with van der Waals surface area (Å²) in [4.78, 5) is 10.5. The van der Waals surface area contributed by atoms with Gasteiger partial charge in [0.25, 0.3) is 0 Å². The molecule has 3 heteroatoms. The molecule has 1 aliphatic rings. The average molecular weight is 666 g/mol. The Balaban J connectivity index is 1.24. The second-order valence-corrected chi connectivity index (χ2v) is 14.3. The molecule has 0 atom stereocenters. The van der Waals surface area contributed by atoms with E-state index in [0.717, 1.165) is 39.3 Å². The van der Waals surface area contributed by atoms with Crippen LogP contribution in [0.2, 0.25) is 0 Å². The van der Waals surface area contributed by atoms with E-state index in [9.17, 15) is 0 Å². The van der Waals surface area contributed by atoms with Crippen LogP contribution < -0.4 is 0 Å². The molecule has 52 heavy (non-hydrogen) atoms. The number of nitrogens with zero attached hydrogens (tertiary/aromatic N) is 3. The largest absolute Gasteiger partial charge is 0.309 e. The maximum Gasteiger partial charge on any atom is 0.160 e. The molecule has 10 rings (SSSR count). The van der Waals surface area contributed by atoms with Gasteiger partial charge in [0.2, 0.25) is 0 Å². The lowest BCUT2D eigenvalue weighted by Crippen LogP contribution is -2.14. The molecular formula is C49H35N3. The van der Waals surface area contributed by atoms with Crippen LogP contribution in [0.5, 0.6) is 0 Å². The number of hydrogen-bond donors (Lipinski definition) is 0. The second-order valence-electron chi connectivity index (χ2n) is 14.3. The van der Waals surface area contributed by atoms with Crippen LogP contribution in [0.4, 0.5) is 0 Å². The van der Waals surface area contributed by atoms with Crippen molar-refractivity contribution < 1.29 is 0 Å². The van der Waals surface area contributed by atoms with Gasteiger partial charge in [-0.25, -0.2) is 9.97 Å².